The van der Waals surface area contributed by atoms with Gasteiger partial charge < -0.3 is 19.9 Å². The maximum absolute atomic E-state index is 12.5. The number of hydrogen-bond donors (Lipinski definition) is 2. The second-order valence-electron chi connectivity index (χ2n) is 7.44. The van der Waals surface area contributed by atoms with Gasteiger partial charge in [-0.2, -0.15) is 0 Å². The van der Waals surface area contributed by atoms with Gasteiger partial charge in [0.15, 0.2) is 11.5 Å². The first kappa shape index (κ1) is 17.6. The molecule has 1 aliphatic carbocycles. The Hall–Kier alpha value is -2.24. The Morgan fingerprint density at radius 1 is 1.16 bits per heavy atom. The zero-order valence-electron chi connectivity index (χ0n) is 14.7. The van der Waals surface area contributed by atoms with Crippen molar-refractivity contribution in [1.82, 2.24) is 5.32 Å². The third-order valence-corrected chi connectivity index (χ3v) is 4.93. The average molecular weight is 347 g/mol. The number of carboxylic acid groups (broad SMARTS) is 1. The van der Waals surface area contributed by atoms with Gasteiger partial charge in [-0.25, -0.2) is 0 Å². The number of carbonyl (C=O) groups excluding carboxylic acids is 1. The summed E-state index contributed by atoms with van der Waals surface area (Å²) in [5.74, 6) is 0.696. The van der Waals surface area contributed by atoms with Crippen LogP contribution in [0.4, 0.5) is 0 Å². The minimum absolute atomic E-state index is 0.0663. The highest BCUT2D eigenvalue weighted by Crippen LogP contribution is 2.51. The van der Waals surface area contributed by atoms with Crippen molar-refractivity contribution in [3.63, 3.8) is 0 Å². The van der Waals surface area contributed by atoms with Crippen molar-refractivity contribution in [2.45, 2.75) is 45.6 Å². The summed E-state index contributed by atoms with van der Waals surface area (Å²) in [4.78, 5) is 23.5. The van der Waals surface area contributed by atoms with Gasteiger partial charge in [0.2, 0.25) is 5.91 Å². The summed E-state index contributed by atoms with van der Waals surface area (Å²) in [5, 5.41) is 12.1. The molecule has 0 radical (unpaired) electrons. The van der Waals surface area contributed by atoms with Crippen LogP contribution in [0, 0.1) is 11.3 Å². The number of fused-ring (bicyclic) bond motifs is 1. The maximum atomic E-state index is 12.5. The molecule has 1 unspecified atom stereocenters. The molecule has 2 N–H and O–H groups in total. The van der Waals surface area contributed by atoms with Crippen LogP contribution in [-0.2, 0) is 9.59 Å². The number of ether oxygens (including phenoxy) is 2. The van der Waals surface area contributed by atoms with Crippen LogP contribution < -0.4 is 14.8 Å². The Bertz CT molecular complexity index is 666. The third kappa shape index (κ3) is 4.24. The topological polar surface area (TPSA) is 84.9 Å². The first-order valence-corrected chi connectivity index (χ1v) is 8.79. The largest absolute Gasteiger partial charge is 0.486 e. The van der Waals surface area contributed by atoms with E-state index in [0.717, 1.165) is 24.2 Å². The van der Waals surface area contributed by atoms with Gasteiger partial charge in [0.25, 0.3) is 0 Å². The van der Waals surface area contributed by atoms with Crippen molar-refractivity contribution in [1.29, 1.82) is 0 Å². The Labute approximate surface area is 147 Å². The number of amides is 1. The molecule has 1 aliphatic heterocycles. The molecule has 1 aromatic carbocycles. The molecule has 0 bridgehead atoms. The zero-order chi connectivity index (χ0) is 18.0. The van der Waals surface area contributed by atoms with Gasteiger partial charge in [0.05, 0.1) is 12.5 Å². The third-order valence-electron chi connectivity index (χ3n) is 4.93. The second kappa shape index (κ2) is 6.94. The minimum atomic E-state index is -0.836. The van der Waals surface area contributed by atoms with E-state index in [9.17, 15) is 9.59 Å². The quantitative estimate of drug-likeness (QED) is 0.792. The van der Waals surface area contributed by atoms with E-state index in [4.69, 9.17) is 14.6 Å². The molecule has 1 aromatic rings. The van der Waals surface area contributed by atoms with Crippen LogP contribution in [0.5, 0.6) is 11.5 Å². The fourth-order valence-electron chi connectivity index (χ4n) is 3.37. The Morgan fingerprint density at radius 2 is 1.84 bits per heavy atom. The SMILES string of the molecule is CC(C)C(NC(=O)CC1(CC(=O)O)CC1)c1ccc2c(c1)OCCO2. The van der Waals surface area contributed by atoms with Crippen molar-refractivity contribution in [2.75, 3.05) is 13.2 Å². The van der Waals surface area contributed by atoms with Crippen molar-refractivity contribution < 1.29 is 24.2 Å². The zero-order valence-corrected chi connectivity index (χ0v) is 14.7. The lowest BCUT2D eigenvalue weighted by Crippen LogP contribution is -2.33. The number of aliphatic carboxylic acids is 1. The van der Waals surface area contributed by atoms with Crippen molar-refractivity contribution in [3.05, 3.63) is 23.8 Å². The normalized spacial score (nSPS) is 18.5. The highest BCUT2D eigenvalue weighted by Gasteiger charge is 2.46. The van der Waals surface area contributed by atoms with Crippen LogP contribution in [0.3, 0.4) is 0 Å². The van der Waals surface area contributed by atoms with Gasteiger partial charge in [-0.15, -0.1) is 0 Å². The molecular weight excluding hydrogens is 322 g/mol. The van der Waals surface area contributed by atoms with E-state index >= 15 is 0 Å². The summed E-state index contributed by atoms with van der Waals surface area (Å²) in [7, 11) is 0. The van der Waals surface area contributed by atoms with Crippen LogP contribution in [0.1, 0.15) is 51.1 Å². The molecule has 25 heavy (non-hydrogen) atoms. The monoisotopic (exact) mass is 347 g/mol. The van der Waals surface area contributed by atoms with Crippen molar-refractivity contribution >= 4 is 11.9 Å². The van der Waals surface area contributed by atoms with Gasteiger partial charge in [0.1, 0.15) is 13.2 Å². The maximum Gasteiger partial charge on any atom is 0.303 e. The van der Waals surface area contributed by atoms with Crippen LogP contribution in [0.15, 0.2) is 18.2 Å². The number of nitrogens with one attached hydrogen (secondary N) is 1. The lowest BCUT2D eigenvalue weighted by atomic mass is 9.93. The van der Waals surface area contributed by atoms with E-state index < -0.39 is 5.97 Å². The van der Waals surface area contributed by atoms with Crippen LogP contribution in [-0.4, -0.2) is 30.2 Å². The van der Waals surface area contributed by atoms with Gasteiger partial charge in [-0.3, -0.25) is 9.59 Å². The first-order chi connectivity index (χ1) is 11.9. The summed E-state index contributed by atoms with van der Waals surface area (Å²) in [6.45, 7) is 5.16. The van der Waals surface area contributed by atoms with Crippen LogP contribution >= 0.6 is 0 Å². The summed E-state index contributed by atoms with van der Waals surface area (Å²) >= 11 is 0. The number of carbonyl (C=O) groups is 2. The van der Waals surface area contributed by atoms with E-state index in [1.54, 1.807) is 0 Å². The number of hydrogen-bond acceptors (Lipinski definition) is 4. The van der Waals surface area contributed by atoms with Gasteiger partial charge in [-0.05, 0) is 41.9 Å². The minimum Gasteiger partial charge on any atom is -0.486 e. The smallest absolute Gasteiger partial charge is 0.303 e. The molecule has 3 rings (SSSR count). The number of benzene rings is 1. The molecule has 136 valence electrons. The highest BCUT2D eigenvalue weighted by molar-refractivity contribution is 5.79. The molecule has 1 saturated carbocycles. The highest BCUT2D eigenvalue weighted by atomic mass is 16.6. The molecule has 1 atom stereocenters. The predicted molar refractivity (Wildman–Crippen MR) is 91.7 cm³/mol. The number of carboxylic acids is 1. The molecule has 0 saturated heterocycles. The van der Waals surface area contributed by atoms with Gasteiger partial charge in [-0.1, -0.05) is 19.9 Å². The molecule has 1 fully saturated rings. The average Bonchev–Trinajstić information content (AvgIpc) is 3.29. The molecule has 6 heteroatoms. The van der Waals surface area contributed by atoms with Crippen LogP contribution in [0.25, 0.3) is 0 Å². The Kier molecular flexibility index (Phi) is 4.88. The predicted octanol–water partition coefficient (Wildman–Crippen LogP) is 2.92. The fraction of sp³-hybridized carbons (Fsp3) is 0.579. The summed E-state index contributed by atoms with van der Waals surface area (Å²) < 4.78 is 11.2. The summed E-state index contributed by atoms with van der Waals surface area (Å²) in [6, 6.07) is 5.59. The van der Waals surface area contributed by atoms with Gasteiger partial charge in [0, 0.05) is 6.42 Å². The van der Waals surface area contributed by atoms with E-state index in [2.05, 4.69) is 5.32 Å². The Morgan fingerprint density at radius 3 is 2.44 bits per heavy atom. The molecule has 1 heterocycles. The van der Waals surface area contributed by atoms with E-state index in [1.165, 1.54) is 0 Å². The molecular formula is C19H25NO5. The summed E-state index contributed by atoms with van der Waals surface area (Å²) in [5.41, 5.74) is 0.625. The standard InChI is InChI=1S/C19H25NO5/c1-12(2)18(13-3-4-14-15(9-13)25-8-7-24-14)20-16(21)10-19(5-6-19)11-17(22)23/h3-4,9,12,18H,5-8,10-11H2,1-2H3,(H,20,21)(H,22,23). The van der Waals surface area contributed by atoms with Crippen LogP contribution in [0.2, 0.25) is 0 Å². The first-order valence-electron chi connectivity index (χ1n) is 8.79. The molecule has 0 spiro atoms. The lowest BCUT2D eigenvalue weighted by Gasteiger charge is -2.26. The van der Waals surface area contributed by atoms with E-state index in [-0.39, 0.29) is 36.1 Å². The Balaban J connectivity index is 1.69. The molecule has 2 aliphatic rings. The molecule has 1 amide bonds. The van der Waals surface area contributed by atoms with E-state index in [1.807, 2.05) is 32.0 Å². The molecule has 6 nitrogen and oxygen atoms in total. The van der Waals surface area contributed by atoms with E-state index in [0.29, 0.717) is 19.0 Å². The fourth-order valence-corrected chi connectivity index (χ4v) is 3.37. The lowest BCUT2D eigenvalue weighted by molar-refractivity contribution is -0.138. The number of rotatable bonds is 7. The van der Waals surface area contributed by atoms with Crippen molar-refractivity contribution in [2.24, 2.45) is 11.3 Å². The summed E-state index contributed by atoms with van der Waals surface area (Å²) in [6.07, 6.45) is 1.95. The second-order valence-corrected chi connectivity index (χ2v) is 7.44. The van der Waals surface area contributed by atoms with Crippen molar-refractivity contribution in [3.8, 4) is 11.5 Å². The van der Waals surface area contributed by atoms with Gasteiger partial charge >= 0.3 is 5.97 Å². The molecule has 0 aromatic heterocycles.